The standard InChI is InChI=1S/C52H54F4N8O9/c1-27-43(28(2)61(5)51(72)60(27)4)34-12-10-31(11-13-34)23-41(50(70)71)59-48(68)46-39(55)21-33(22-40(46)56)25-64(42(66)16-17-57)24-32-19-37(53)45(38(54)20-32)47(67)58-36(26-65)18-30-8-14-35(15-9-30)44-29(3)62(6)52(73)63(7)49(44)69/h8-15,19-22,36,41,65H,1,16-18,23-26,57H2,2-7H3,(H,58,67)(H,59,68)(H,70,71). The molecule has 1 aliphatic heterocycles. The van der Waals surface area contributed by atoms with Crippen LogP contribution in [0.2, 0.25) is 0 Å². The Morgan fingerprint density at radius 2 is 1.18 bits per heavy atom. The molecule has 21 heteroatoms. The summed E-state index contributed by atoms with van der Waals surface area (Å²) in [5, 5.41) is 24.6. The Hall–Kier alpha value is -8.17. The van der Waals surface area contributed by atoms with Gasteiger partial charge in [-0.15, -0.1) is 0 Å². The number of aromatic nitrogens is 2. The third-order valence-electron chi connectivity index (χ3n) is 12.8. The van der Waals surface area contributed by atoms with Crippen molar-refractivity contribution in [2.24, 2.45) is 19.8 Å². The van der Waals surface area contributed by atoms with Gasteiger partial charge in [0.25, 0.3) is 17.4 Å². The van der Waals surface area contributed by atoms with Gasteiger partial charge in [-0.3, -0.25) is 28.6 Å². The van der Waals surface area contributed by atoms with Crippen LogP contribution >= 0.6 is 0 Å². The molecular weight excluding hydrogens is 957 g/mol. The zero-order valence-corrected chi connectivity index (χ0v) is 40.8. The van der Waals surface area contributed by atoms with E-state index in [0.717, 1.165) is 33.7 Å². The molecule has 4 aromatic carbocycles. The first-order valence-corrected chi connectivity index (χ1v) is 22.7. The van der Waals surface area contributed by atoms with Gasteiger partial charge in [0.05, 0.1) is 18.2 Å². The Kier molecular flexibility index (Phi) is 16.7. The Labute approximate surface area is 416 Å². The summed E-state index contributed by atoms with van der Waals surface area (Å²) in [4.78, 5) is 93.5. The van der Waals surface area contributed by atoms with Crippen LogP contribution in [0, 0.1) is 30.2 Å². The van der Waals surface area contributed by atoms with Crippen LogP contribution in [0.5, 0.6) is 0 Å². The highest BCUT2D eigenvalue weighted by Gasteiger charge is 2.31. The summed E-state index contributed by atoms with van der Waals surface area (Å²) in [6, 6.07) is 13.3. The van der Waals surface area contributed by atoms with Crippen molar-refractivity contribution in [1.82, 2.24) is 34.5 Å². The Balaban J connectivity index is 1.12. The van der Waals surface area contributed by atoms with Crippen LogP contribution in [-0.4, -0.2) is 103 Å². The zero-order chi connectivity index (χ0) is 53.7. The highest BCUT2D eigenvalue weighted by Crippen LogP contribution is 2.34. The fourth-order valence-corrected chi connectivity index (χ4v) is 8.49. The second-order valence-electron chi connectivity index (χ2n) is 17.7. The number of allylic oxidation sites excluding steroid dienone is 2. The number of carboxylic acids is 1. The first-order valence-electron chi connectivity index (χ1n) is 22.7. The minimum Gasteiger partial charge on any atom is -0.480 e. The van der Waals surface area contributed by atoms with E-state index in [-0.39, 0.29) is 43.0 Å². The Bertz CT molecular complexity index is 3140. The van der Waals surface area contributed by atoms with Crippen LogP contribution in [0.25, 0.3) is 16.7 Å². The molecule has 5 amide bonds. The number of aliphatic hydroxyl groups is 1. The number of rotatable bonds is 18. The number of carbonyl (C=O) groups is 5. The molecule has 384 valence electrons. The average Bonchev–Trinajstić information content (AvgIpc) is 3.34. The number of nitrogens with two attached hydrogens (primary N) is 1. The summed E-state index contributed by atoms with van der Waals surface area (Å²) in [6.45, 7) is 5.54. The first kappa shape index (κ1) is 54.2. The third kappa shape index (κ3) is 11.6. The molecule has 17 nitrogen and oxygen atoms in total. The van der Waals surface area contributed by atoms with Gasteiger partial charge in [-0.1, -0.05) is 55.1 Å². The molecule has 2 heterocycles. The lowest BCUT2D eigenvalue weighted by molar-refractivity contribution is -0.139. The van der Waals surface area contributed by atoms with Crippen molar-refractivity contribution in [3.05, 3.63) is 180 Å². The number of likely N-dealkylation sites (N-methyl/N-ethyl adjacent to an activating group) is 1. The van der Waals surface area contributed by atoms with E-state index in [1.165, 1.54) is 28.5 Å². The molecule has 0 fully saturated rings. The summed E-state index contributed by atoms with van der Waals surface area (Å²) >= 11 is 0. The highest BCUT2D eigenvalue weighted by atomic mass is 19.1. The van der Waals surface area contributed by atoms with Crippen molar-refractivity contribution >= 4 is 35.3 Å². The lowest BCUT2D eigenvalue weighted by atomic mass is 9.96. The monoisotopic (exact) mass is 1010 g/mol. The quantitative estimate of drug-likeness (QED) is 0.0773. The minimum atomic E-state index is -1.63. The maximum Gasteiger partial charge on any atom is 0.330 e. The van der Waals surface area contributed by atoms with E-state index in [4.69, 9.17) is 5.73 Å². The number of aliphatic carboxylic acids is 1. The summed E-state index contributed by atoms with van der Waals surface area (Å²) in [5.41, 5.74) is 6.91. The number of carbonyl (C=O) groups excluding carboxylic acids is 4. The molecule has 6 rings (SSSR count). The Morgan fingerprint density at radius 1 is 0.699 bits per heavy atom. The molecule has 0 saturated heterocycles. The number of hydrogen-bond donors (Lipinski definition) is 5. The Morgan fingerprint density at radius 3 is 1.66 bits per heavy atom. The van der Waals surface area contributed by atoms with E-state index in [0.29, 0.717) is 50.5 Å². The van der Waals surface area contributed by atoms with Gasteiger partial charge in [0.1, 0.15) is 40.4 Å². The smallest absolute Gasteiger partial charge is 0.330 e. The summed E-state index contributed by atoms with van der Waals surface area (Å²) in [5.74, 6) is -10.2. The fourth-order valence-electron chi connectivity index (χ4n) is 8.49. The molecule has 0 aliphatic carbocycles. The lowest BCUT2D eigenvalue weighted by Gasteiger charge is -2.35. The van der Waals surface area contributed by atoms with Gasteiger partial charge >= 0.3 is 17.7 Å². The van der Waals surface area contributed by atoms with Crippen molar-refractivity contribution in [2.45, 2.75) is 58.3 Å². The minimum absolute atomic E-state index is 0.0108. The van der Waals surface area contributed by atoms with Crippen LogP contribution in [0.4, 0.5) is 22.4 Å². The second-order valence-corrected chi connectivity index (χ2v) is 17.7. The number of hydrogen-bond acceptors (Lipinski definition) is 9. The molecule has 2 atom stereocenters. The van der Waals surface area contributed by atoms with E-state index in [9.17, 15) is 43.8 Å². The zero-order valence-electron chi connectivity index (χ0n) is 40.8. The summed E-state index contributed by atoms with van der Waals surface area (Å²) in [6.07, 6.45) is -0.552. The lowest BCUT2D eigenvalue weighted by Crippen LogP contribution is -2.43. The van der Waals surface area contributed by atoms with Crippen molar-refractivity contribution in [1.29, 1.82) is 0 Å². The van der Waals surface area contributed by atoms with E-state index in [1.807, 2.05) is 0 Å². The number of benzene rings is 4. The van der Waals surface area contributed by atoms with Crippen molar-refractivity contribution in [3.8, 4) is 11.1 Å². The average molecular weight is 1010 g/mol. The van der Waals surface area contributed by atoms with E-state index in [2.05, 4.69) is 17.2 Å². The number of urea groups is 1. The molecule has 5 aromatic rings. The van der Waals surface area contributed by atoms with Gasteiger partial charge in [-0.25, -0.2) is 31.9 Å². The molecule has 73 heavy (non-hydrogen) atoms. The molecule has 0 spiro atoms. The fraction of sp³-hybridized carbons (Fsp3) is 0.288. The molecule has 1 aromatic heterocycles. The van der Waals surface area contributed by atoms with Gasteiger partial charge in [0, 0.05) is 83.3 Å². The van der Waals surface area contributed by atoms with E-state index < -0.39 is 101 Å². The number of nitrogens with zero attached hydrogens (tertiary/aromatic N) is 5. The maximum absolute atomic E-state index is 15.7. The third-order valence-corrected chi connectivity index (χ3v) is 12.8. The van der Waals surface area contributed by atoms with Crippen molar-refractivity contribution in [2.75, 3.05) is 27.2 Å². The van der Waals surface area contributed by atoms with Crippen LogP contribution in [0.3, 0.4) is 0 Å². The SMILES string of the molecule is C=C1C(c2ccc(CC(NC(=O)c3c(F)cc(CN(Cc4cc(F)c(C(=O)NC(CO)Cc5ccc(-c6c(C)n(C)c(=O)n(C)c6=O)cc5)c(F)c4)C(=O)CCN)cc3F)C(=O)O)cc2)=C(C)N(C)C(=O)N1C. The maximum atomic E-state index is 15.7. The van der Waals surface area contributed by atoms with E-state index in [1.54, 1.807) is 76.5 Å². The topological polar surface area (TPSA) is 230 Å². The van der Waals surface area contributed by atoms with Gasteiger partial charge in [-0.2, -0.15) is 0 Å². The number of nitrogens with one attached hydrogen (secondary N) is 2. The number of amides is 5. The molecule has 0 saturated carbocycles. The van der Waals surface area contributed by atoms with Crippen molar-refractivity contribution < 1.29 is 51.7 Å². The van der Waals surface area contributed by atoms with Gasteiger partial charge in [-0.05, 0) is 77.9 Å². The molecule has 6 N–H and O–H groups in total. The van der Waals surface area contributed by atoms with Gasteiger partial charge < -0.3 is 40.9 Å². The van der Waals surface area contributed by atoms with Gasteiger partial charge in [0.15, 0.2) is 0 Å². The highest BCUT2D eigenvalue weighted by molar-refractivity contribution is 5.97. The van der Waals surface area contributed by atoms with E-state index >= 15 is 17.6 Å². The second kappa shape index (κ2) is 22.5. The predicted molar refractivity (Wildman–Crippen MR) is 261 cm³/mol. The summed E-state index contributed by atoms with van der Waals surface area (Å²) in [7, 11) is 6.09. The first-order chi connectivity index (χ1) is 34.5. The van der Waals surface area contributed by atoms with Crippen LogP contribution in [-0.2, 0) is 49.6 Å². The number of aliphatic hydroxyl groups excluding tert-OH is 1. The molecule has 2 unspecified atom stereocenters. The summed E-state index contributed by atoms with van der Waals surface area (Å²) < 4.78 is 64.9. The molecule has 1 aliphatic rings. The molecule has 0 bridgehead atoms. The molecule has 0 radical (unpaired) electrons. The van der Waals surface area contributed by atoms with Crippen LogP contribution in [0.15, 0.2) is 100 Å². The molecular formula is C52H54F4N8O9. The number of halogens is 4. The van der Waals surface area contributed by atoms with Crippen LogP contribution < -0.4 is 27.6 Å². The van der Waals surface area contributed by atoms with Crippen LogP contribution in [0.1, 0.15) is 67.6 Å². The predicted octanol–water partition coefficient (Wildman–Crippen LogP) is 4.49. The van der Waals surface area contributed by atoms with Crippen molar-refractivity contribution in [3.63, 3.8) is 0 Å². The normalized spacial score (nSPS) is 13.5. The number of carboxylic acid groups (broad SMARTS) is 1. The largest absolute Gasteiger partial charge is 0.480 e. The van der Waals surface area contributed by atoms with Gasteiger partial charge in [0.2, 0.25) is 5.91 Å².